The fourth-order valence-corrected chi connectivity index (χ4v) is 1.94. The fourth-order valence-electron chi connectivity index (χ4n) is 1.94. The number of carbonyl (C=O) groups is 3. The number of hydrogen-bond donors (Lipinski definition) is 4. The minimum absolute atomic E-state index is 0.0704. The van der Waals surface area contributed by atoms with Crippen LogP contribution in [0.25, 0.3) is 0 Å². The Hall–Kier alpha value is -2.41. The van der Waals surface area contributed by atoms with E-state index in [1.807, 2.05) is 51.1 Å². The molecule has 7 heteroatoms. The van der Waals surface area contributed by atoms with Crippen LogP contribution < -0.4 is 16.0 Å². The molecule has 1 atom stereocenters. The largest absolute Gasteiger partial charge is 0.480 e. The Bertz CT molecular complexity index is 567. The number of nitrogens with one attached hydrogen (secondary N) is 3. The molecule has 4 N–H and O–H groups in total. The Labute approximate surface area is 141 Å². The standard InChI is InChI=1S/C17H25N3O4/c1-17(2,3)19-10-14(21)20-13(16(24)18-11-15(22)23)9-12-7-5-4-6-8-12/h4-8,13,19H,9-11H2,1-3H3,(H,18,24)(H,20,21)(H,22,23)/t13-/m0/s1. The second kappa shape index (κ2) is 9.02. The first-order chi connectivity index (χ1) is 11.2. The summed E-state index contributed by atoms with van der Waals surface area (Å²) in [7, 11) is 0. The molecule has 0 unspecified atom stereocenters. The number of carbonyl (C=O) groups excluding carboxylic acids is 2. The molecule has 0 fully saturated rings. The molecule has 0 saturated heterocycles. The summed E-state index contributed by atoms with van der Waals surface area (Å²) in [5.41, 5.74) is 0.648. The van der Waals surface area contributed by atoms with Crippen LogP contribution in [0, 0.1) is 0 Å². The van der Waals surface area contributed by atoms with Gasteiger partial charge in [0.05, 0.1) is 6.54 Å². The van der Waals surface area contributed by atoms with E-state index in [2.05, 4.69) is 16.0 Å². The first-order valence-corrected chi connectivity index (χ1v) is 7.75. The molecule has 0 aliphatic rings. The molecule has 0 aromatic heterocycles. The Morgan fingerprint density at radius 1 is 1.08 bits per heavy atom. The van der Waals surface area contributed by atoms with E-state index in [0.717, 1.165) is 5.56 Å². The molecule has 1 rings (SSSR count). The van der Waals surface area contributed by atoms with E-state index in [0.29, 0.717) is 0 Å². The van der Waals surface area contributed by atoms with Crippen LogP contribution in [0.4, 0.5) is 0 Å². The normalized spacial score (nSPS) is 12.3. The second-order valence-corrected chi connectivity index (χ2v) is 6.52. The van der Waals surface area contributed by atoms with Gasteiger partial charge in [0, 0.05) is 12.0 Å². The van der Waals surface area contributed by atoms with Gasteiger partial charge in [0.25, 0.3) is 0 Å². The summed E-state index contributed by atoms with van der Waals surface area (Å²) in [5, 5.41) is 16.7. The third kappa shape index (κ3) is 8.28. The van der Waals surface area contributed by atoms with Crippen molar-refractivity contribution in [1.29, 1.82) is 0 Å². The molecule has 7 nitrogen and oxygen atoms in total. The van der Waals surface area contributed by atoms with Crippen molar-refractivity contribution in [3.8, 4) is 0 Å². The number of aliphatic carboxylic acids is 1. The number of carboxylic acid groups (broad SMARTS) is 1. The molecular weight excluding hydrogens is 310 g/mol. The van der Waals surface area contributed by atoms with E-state index in [9.17, 15) is 14.4 Å². The maximum Gasteiger partial charge on any atom is 0.322 e. The van der Waals surface area contributed by atoms with Crippen LogP contribution in [0.1, 0.15) is 26.3 Å². The van der Waals surface area contributed by atoms with Gasteiger partial charge >= 0.3 is 5.97 Å². The van der Waals surface area contributed by atoms with Crippen molar-refractivity contribution >= 4 is 17.8 Å². The predicted molar refractivity (Wildman–Crippen MR) is 90.5 cm³/mol. The minimum atomic E-state index is -1.14. The molecule has 0 bridgehead atoms. The molecule has 0 saturated carbocycles. The summed E-state index contributed by atoms with van der Waals surface area (Å²) in [6.07, 6.45) is 0.285. The highest BCUT2D eigenvalue weighted by Gasteiger charge is 2.22. The maximum atomic E-state index is 12.2. The van der Waals surface area contributed by atoms with Gasteiger partial charge < -0.3 is 21.1 Å². The second-order valence-electron chi connectivity index (χ2n) is 6.52. The Balaban J connectivity index is 2.71. The number of hydrogen-bond acceptors (Lipinski definition) is 4. The minimum Gasteiger partial charge on any atom is -0.480 e. The van der Waals surface area contributed by atoms with E-state index in [1.165, 1.54) is 0 Å². The lowest BCUT2D eigenvalue weighted by Gasteiger charge is -2.22. The lowest BCUT2D eigenvalue weighted by atomic mass is 10.0. The zero-order valence-electron chi connectivity index (χ0n) is 14.3. The monoisotopic (exact) mass is 335 g/mol. The molecule has 132 valence electrons. The zero-order valence-corrected chi connectivity index (χ0v) is 14.3. The van der Waals surface area contributed by atoms with Gasteiger partial charge in [-0.2, -0.15) is 0 Å². The highest BCUT2D eigenvalue weighted by Crippen LogP contribution is 2.04. The van der Waals surface area contributed by atoms with Crippen molar-refractivity contribution in [3.63, 3.8) is 0 Å². The number of amides is 2. The summed E-state index contributed by atoms with van der Waals surface area (Å²) in [6, 6.07) is 8.39. The summed E-state index contributed by atoms with van der Waals surface area (Å²) in [5.74, 6) is -1.98. The van der Waals surface area contributed by atoms with Gasteiger partial charge in [0.15, 0.2) is 0 Å². The molecule has 0 aliphatic carbocycles. The average molecular weight is 335 g/mol. The van der Waals surface area contributed by atoms with Crippen LogP contribution in [-0.2, 0) is 20.8 Å². The SMILES string of the molecule is CC(C)(C)NCC(=O)N[C@@H](Cc1ccccc1)C(=O)NCC(=O)O. The lowest BCUT2D eigenvalue weighted by Crippen LogP contribution is -2.52. The van der Waals surface area contributed by atoms with Crippen molar-refractivity contribution in [2.45, 2.75) is 38.8 Å². The maximum absolute atomic E-state index is 12.2. The molecular formula is C17H25N3O4. The molecule has 0 aliphatic heterocycles. The lowest BCUT2D eigenvalue weighted by molar-refractivity contribution is -0.138. The third-order valence-electron chi connectivity index (χ3n) is 3.13. The summed E-state index contributed by atoms with van der Waals surface area (Å²) in [4.78, 5) is 34.8. The van der Waals surface area contributed by atoms with Crippen molar-refractivity contribution in [3.05, 3.63) is 35.9 Å². The Morgan fingerprint density at radius 2 is 1.71 bits per heavy atom. The van der Waals surface area contributed by atoms with Gasteiger partial charge in [0.1, 0.15) is 12.6 Å². The molecule has 0 spiro atoms. The van der Waals surface area contributed by atoms with E-state index >= 15 is 0 Å². The summed E-state index contributed by atoms with van der Waals surface area (Å²) < 4.78 is 0. The Kier molecular flexibility index (Phi) is 7.38. The topological polar surface area (TPSA) is 108 Å². The van der Waals surface area contributed by atoms with Crippen molar-refractivity contribution < 1.29 is 19.5 Å². The fraction of sp³-hybridized carbons (Fsp3) is 0.471. The van der Waals surface area contributed by atoms with Crippen LogP contribution in [-0.4, -0.2) is 47.6 Å². The van der Waals surface area contributed by atoms with Crippen molar-refractivity contribution in [2.75, 3.05) is 13.1 Å². The molecule has 0 heterocycles. The van der Waals surface area contributed by atoms with Gasteiger partial charge in [-0.3, -0.25) is 14.4 Å². The van der Waals surface area contributed by atoms with Crippen LogP contribution in [0.15, 0.2) is 30.3 Å². The van der Waals surface area contributed by atoms with Crippen LogP contribution >= 0.6 is 0 Å². The molecule has 1 aromatic rings. The molecule has 1 aromatic carbocycles. The van der Waals surface area contributed by atoms with Crippen molar-refractivity contribution in [1.82, 2.24) is 16.0 Å². The van der Waals surface area contributed by atoms with Gasteiger partial charge in [-0.25, -0.2) is 0 Å². The number of carboxylic acids is 1. The molecule has 0 radical (unpaired) electrons. The smallest absolute Gasteiger partial charge is 0.322 e. The third-order valence-corrected chi connectivity index (χ3v) is 3.13. The van der Waals surface area contributed by atoms with Gasteiger partial charge in [-0.15, -0.1) is 0 Å². The zero-order chi connectivity index (χ0) is 18.2. The summed E-state index contributed by atoms with van der Waals surface area (Å²) in [6.45, 7) is 5.38. The van der Waals surface area contributed by atoms with Crippen LogP contribution in [0.3, 0.4) is 0 Å². The van der Waals surface area contributed by atoms with Crippen LogP contribution in [0.2, 0.25) is 0 Å². The Morgan fingerprint density at radius 3 is 2.25 bits per heavy atom. The highest BCUT2D eigenvalue weighted by molar-refractivity contribution is 5.90. The highest BCUT2D eigenvalue weighted by atomic mass is 16.4. The molecule has 24 heavy (non-hydrogen) atoms. The average Bonchev–Trinajstić information content (AvgIpc) is 2.50. The number of rotatable bonds is 8. The van der Waals surface area contributed by atoms with E-state index in [1.54, 1.807) is 0 Å². The first kappa shape index (κ1) is 19.6. The molecule has 2 amide bonds. The van der Waals surface area contributed by atoms with Gasteiger partial charge in [-0.1, -0.05) is 30.3 Å². The van der Waals surface area contributed by atoms with Crippen molar-refractivity contribution in [2.24, 2.45) is 0 Å². The van der Waals surface area contributed by atoms with E-state index in [4.69, 9.17) is 5.11 Å². The summed E-state index contributed by atoms with van der Waals surface area (Å²) >= 11 is 0. The quantitative estimate of drug-likeness (QED) is 0.547. The van der Waals surface area contributed by atoms with E-state index in [-0.39, 0.29) is 24.4 Å². The number of benzene rings is 1. The van der Waals surface area contributed by atoms with E-state index < -0.39 is 24.5 Å². The first-order valence-electron chi connectivity index (χ1n) is 7.75. The predicted octanol–water partition coefficient (Wildman–Crippen LogP) is 0.303. The van der Waals surface area contributed by atoms with Crippen LogP contribution in [0.5, 0.6) is 0 Å². The van der Waals surface area contributed by atoms with Gasteiger partial charge in [0.2, 0.25) is 11.8 Å². The van der Waals surface area contributed by atoms with Gasteiger partial charge in [-0.05, 0) is 26.3 Å².